The Labute approximate surface area is 140 Å². The van der Waals surface area contributed by atoms with E-state index in [1.54, 1.807) is 21.6 Å². The second-order valence-corrected chi connectivity index (χ2v) is 9.31. The third kappa shape index (κ3) is 4.10. The van der Waals surface area contributed by atoms with Crippen LogP contribution in [0.4, 0.5) is 0 Å². The van der Waals surface area contributed by atoms with Gasteiger partial charge in [-0.15, -0.1) is 0 Å². The van der Waals surface area contributed by atoms with Crippen molar-refractivity contribution in [2.75, 3.05) is 13.1 Å². The van der Waals surface area contributed by atoms with Crippen molar-refractivity contribution in [3.63, 3.8) is 0 Å². The standard InChI is InChI=1S/C14H26N4O2S2/c1-7(2)11(13(15)19)17-5-9(17)21-22-10-6-18(10)12(8(3)4)14(16)20/h7-12H,5-6H2,1-4H3,(H2,15,19)(H2,16,20). The summed E-state index contributed by atoms with van der Waals surface area (Å²) in [5.74, 6) is -0.0362. The molecule has 4 N–H and O–H groups in total. The molecule has 2 amide bonds. The molecule has 0 aromatic rings. The van der Waals surface area contributed by atoms with Crippen molar-refractivity contribution in [1.29, 1.82) is 0 Å². The van der Waals surface area contributed by atoms with E-state index in [9.17, 15) is 9.59 Å². The fourth-order valence-electron chi connectivity index (χ4n) is 2.90. The maximum Gasteiger partial charge on any atom is 0.235 e. The first kappa shape index (κ1) is 17.9. The minimum Gasteiger partial charge on any atom is -0.368 e. The molecule has 2 saturated heterocycles. The topological polar surface area (TPSA) is 92.2 Å². The van der Waals surface area contributed by atoms with Gasteiger partial charge in [0.2, 0.25) is 11.8 Å². The SMILES string of the molecule is CC(C)C(C(N)=O)N1CC1SSC1CN1C(C(N)=O)C(C)C. The van der Waals surface area contributed by atoms with Crippen LogP contribution >= 0.6 is 21.6 Å². The van der Waals surface area contributed by atoms with Crippen LogP contribution in [0.3, 0.4) is 0 Å². The molecule has 22 heavy (non-hydrogen) atoms. The van der Waals surface area contributed by atoms with Gasteiger partial charge in [-0.3, -0.25) is 19.4 Å². The minimum atomic E-state index is -0.246. The average Bonchev–Trinajstić information content (AvgIpc) is 3.22. The zero-order valence-corrected chi connectivity index (χ0v) is 15.2. The van der Waals surface area contributed by atoms with Crippen LogP contribution in [0.1, 0.15) is 27.7 Å². The zero-order chi connectivity index (χ0) is 16.6. The molecule has 2 fully saturated rings. The molecule has 0 aromatic heterocycles. The van der Waals surface area contributed by atoms with E-state index in [4.69, 9.17) is 11.5 Å². The molecule has 0 aliphatic carbocycles. The van der Waals surface area contributed by atoms with Gasteiger partial charge >= 0.3 is 0 Å². The second-order valence-electron chi connectivity index (χ2n) is 6.68. The summed E-state index contributed by atoms with van der Waals surface area (Å²) < 4.78 is 0. The summed E-state index contributed by atoms with van der Waals surface area (Å²) in [5.41, 5.74) is 11.0. The first-order valence-corrected chi connectivity index (χ1v) is 9.93. The second kappa shape index (κ2) is 6.98. The lowest BCUT2D eigenvalue weighted by atomic mass is 10.0. The molecule has 126 valence electrons. The van der Waals surface area contributed by atoms with Crippen LogP contribution in [0, 0.1) is 11.8 Å². The Balaban J connectivity index is 1.76. The number of carbonyl (C=O) groups is 2. The molecule has 6 atom stereocenters. The highest BCUT2D eigenvalue weighted by Gasteiger charge is 2.48. The molecule has 2 rings (SSSR count). The third-order valence-corrected chi connectivity index (χ3v) is 7.11. The first-order valence-electron chi connectivity index (χ1n) is 7.66. The summed E-state index contributed by atoms with van der Waals surface area (Å²) in [6, 6.07) is -0.357. The summed E-state index contributed by atoms with van der Waals surface area (Å²) >= 11 is 0. The summed E-state index contributed by atoms with van der Waals surface area (Å²) in [5, 5.41) is 0.692. The smallest absolute Gasteiger partial charge is 0.235 e. The van der Waals surface area contributed by atoms with E-state index >= 15 is 0 Å². The zero-order valence-electron chi connectivity index (χ0n) is 13.6. The van der Waals surface area contributed by atoms with E-state index in [-0.39, 0.29) is 35.7 Å². The molecular weight excluding hydrogens is 320 g/mol. The molecule has 2 aliphatic rings. The lowest BCUT2D eigenvalue weighted by Crippen LogP contribution is -2.40. The quantitative estimate of drug-likeness (QED) is 0.471. The van der Waals surface area contributed by atoms with E-state index < -0.39 is 0 Å². The lowest BCUT2D eigenvalue weighted by Gasteiger charge is -2.20. The number of hydrogen-bond acceptors (Lipinski definition) is 6. The molecule has 6 nitrogen and oxygen atoms in total. The van der Waals surface area contributed by atoms with Crippen LogP contribution in [0.2, 0.25) is 0 Å². The van der Waals surface area contributed by atoms with Gasteiger partial charge in [-0.25, -0.2) is 0 Å². The molecule has 2 aliphatic heterocycles. The predicted octanol–water partition coefficient (Wildman–Crippen LogP) is 0.671. The van der Waals surface area contributed by atoms with Gasteiger partial charge in [-0.05, 0) is 11.8 Å². The molecule has 0 bridgehead atoms. The fraction of sp³-hybridized carbons (Fsp3) is 0.857. The molecule has 0 spiro atoms. The van der Waals surface area contributed by atoms with Crippen LogP contribution in [-0.4, -0.2) is 57.5 Å². The van der Waals surface area contributed by atoms with E-state index in [1.807, 2.05) is 27.7 Å². The van der Waals surface area contributed by atoms with Crippen molar-refractivity contribution >= 4 is 33.4 Å². The third-order valence-electron chi connectivity index (χ3n) is 4.04. The molecule has 2 heterocycles. The van der Waals surface area contributed by atoms with Crippen LogP contribution in [0.5, 0.6) is 0 Å². The van der Waals surface area contributed by atoms with Crippen molar-refractivity contribution in [3.05, 3.63) is 0 Å². The van der Waals surface area contributed by atoms with Gasteiger partial charge < -0.3 is 11.5 Å². The van der Waals surface area contributed by atoms with Gasteiger partial charge in [0, 0.05) is 13.1 Å². The minimum absolute atomic E-state index is 0.178. The van der Waals surface area contributed by atoms with Gasteiger partial charge in [0.15, 0.2) is 0 Å². The number of rotatable bonds is 9. The Morgan fingerprint density at radius 1 is 0.864 bits per heavy atom. The van der Waals surface area contributed by atoms with Crippen LogP contribution in [0.15, 0.2) is 0 Å². The predicted molar refractivity (Wildman–Crippen MR) is 91.8 cm³/mol. The van der Waals surface area contributed by atoms with Crippen molar-refractivity contribution in [3.8, 4) is 0 Å². The molecule has 0 saturated carbocycles. The number of amides is 2. The van der Waals surface area contributed by atoms with Crippen molar-refractivity contribution in [1.82, 2.24) is 9.80 Å². The highest BCUT2D eigenvalue weighted by atomic mass is 33.1. The lowest BCUT2D eigenvalue weighted by molar-refractivity contribution is -0.123. The Morgan fingerprint density at radius 3 is 1.41 bits per heavy atom. The monoisotopic (exact) mass is 346 g/mol. The van der Waals surface area contributed by atoms with Crippen molar-refractivity contribution in [2.24, 2.45) is 23.3 Å². The first-order chi connectivity index (χ1) is 10.2. The van der Waals surface area contributed by atoms with Gasteiger partial charge in [-0.1, -0.05) is 49.3 Å². The van der Waals surface area contributed by atoms with Crippen molar-refractivity contribution in [2.45, 2.75) is 50.5 Å². The normalized spacial score (nSPS) is 32.8. The highest BCUT2D eigenvalue weighted by Crippen LogP contribution is 2.47. The summed E-state index contributed by atoms with van der Waals surface area (Å²) in [4.78, 5) is 27.3. The largest absolute Gasteiger partial charge is 0.368 e. The summed E-state index contributed by atoms with van der Waals surface area (Å²) in [6.07, 6.45) is 0. The molecule has 8 heteroatoms. The highest BCUT2D eigenvalue weighted by molar-refractivity contribution is 8.77. The maximum absolute atomic E-state index is 11.5. The Kier molecular flexibility index (Phi) is 5.68. The number of carbonyl (C=O) groups excluding carboxylic acids is 2. The Morgan fingerprint density at radius 2 is 1.18 bits per heavy atom. The van der Waals surface area contributed by atoms with Crippen LogP contribution in [-0.2, 0) is 9.59 Å². The Hall–Kier alpha value is -0.440. The van der Waals surface area contributed by atoms with Crippen LogP contribution in [0.25, 0.3) is 0 Å². The van der Waals surface area contributed by atoms with Gasteiger partial charge in [0.1, 0.15) is 0 Å². The van der Waals surface area contributed by atoms with E-state index in [2.05, 4.69) is 9.80 Å². The molecule has 0 aromatic carbocycles. The fourth-order valence-corrected chi connectivity index (χ4v) is 5.91. The summed E-state index contributed by atoms with van der Waals surface area (Å²) in [7, 11) is 3.54. The number of hydrogen-bond donors (Lipinski definition) is 2. The Bertz CT molecular complexity index is 407. The maximum atomic E-state index is 11.5. The number of primary amides is 2. The van der Waals surface area contributed by atoms with E-state index in [0.717, 1.165) is 13.1 Å². The van der Waals surface area contributed by atoms with Crippen LogP contribution < -0.4 is 11.5 Å². The average molecular weight is 347 g/mol. The number of nitrogens with two attached hydrogens (primary N) is 2. The molecule has 6 unspecified atom stereocenters. The van der Waals surface area contributed by atoms with E-state index in [1.165, 1.54) is 0 Å². The number of nitrogens with zero attached hydrogens (tertiary/aromatic N) is 2. The van der Waals surface area contributed by atoms with Gasteiger partial charge in [-0.2, -0.15) is 0 Å². The van der Waals surface area contributed by atoms with E-state index in [0.29, 0.717) is 10.7 Å². The molecular formula is C14H26N4O2S2. The van der Waals surface area contributed by atoms with Gasteiger partial charge in [0.25, 0.3) is 0 Å². The summed E-state index contributed by atoms with van der Waals surface area (Å²) in [6.45, 7) is 9.88. The van der Waals surface area contributed by atoms with Crippen molar-refractivity contribution < 1.29 is 9.59 Å². The molecule has 0 radical (unpaired) electrons. The van der Waals surface area contributed by atoms with Gasteiger partial charge in [0.05, 0.1) is 22.8 Å².